The van der Waals surface area contributed by atoms with E-state index in [1.54, 1.807) is 0 Å². The molecule has 2 nitrogen and oxygen atoms in total. The number of thiol groups is 1. The van der Waals surface area contributed by atoms with Gasteiger partial charge in [-0.25, -0.2) is 4.98 Å². The number of oxazole rings is 1. The van der Waals surface area contributed by atoms with Crippen molar-refractivity contribution in [2.75, 3.05) is 0 Å². The van der Waals surface area contributed by atoms with Gasteiger partial charge < -0.3 is 4.42 Å². The Morgan fingerprint density at radius 1 is 1.22 bits per heavy atom. The molecule has 0 saturated heterocycles. The molecule has 1 heterocycles. The zero-order valence-corrected chi connectivity index (χ0v) is 12.1. The third kappa shape index (κ3) is 1.95. The van der Waals surface area contributed by atoms with Crippen LogP contribution in [-0.4, -0.2) is 4.98 Å². The molecule has 0 aliphatic heterocycles. The lowest BCUT2D eigenvalue weighted by Crippen LogP contribution is -1.83. The number of halogens is 1. The molecule has 0 amide bonds. The summed E-state index contributed by atoms with van der Waals surface area (Å²) in [5.41, 5.74) is 3.72. The molecule has 90 valence electrons. The SMILES string of the molecule is Cc1cc(-c2nc3ccccc3o2)cc(S)c1Br. The van der Waals surface area contributed by atoms with Crippen LogP contribution in [0.3, 0.4) is 0 Å². The third-order valence-corrected chi connectivity index (χ3v) is 4.49. The van der Waals surface area contributed by atoms with Crippen molar-refractivity contribution in [1.29, 1.82) is 0 Å². The average molecular weight is 320 g/mol. The predicted molar refractivity (Wildman–Crippen MR) is 79.1 cm³/mol. The van der Waals surface area contributed by atoms with Crippen molar-refractivity contribution in [2.24, 2.45) is 0 Å². The fraction of sp³-hybridized carbons (Fsp3) is 0.0714. The first-order chi connectivity index (χ1) is 8.65. The number of aryl methyl sites for hydroxylation is 1. The van der Waals surface area contributed by atoms with Gasteiger partial charge in [0.25, 0.3) is 0 Å². The Hall–Kier alpha value is -1.26. The molecule has 3 aromatic rings. The van der Waals surface area contributed by atoms with Crippen molar-refractivity contribution >= 4 is 39.7 Å². The molecule has 0 aliphatic carbocycles. The van der Waals surface area contributed by atoms with Gasteiger partial charge in [-0.05, 0) is 52.7 Å². The Kier molecular flexibility index (Phi) is 2.92. The first kappa shape index (κ1) is 11.8. The molecule has 1 aromatic heterocycles. The molecule has 0 saturated carbocycles. The van der Waals surface area contributed by atoms with E-state index < -0.39 is 0 Å². The lowest BCUT2D eigenvalue weighted by molar-refractivity contribution is 0.619. The van der Waals surface area contributed by atoms with Crippen LogP contribution < -0.4 is 0 Å². The number of benzene rings is 2. The molecule has 0 aliphatic rings. The number of hydrogen-bond acceptors (Lipinski definition) is 3. The molecule has 0 atom stereocenters. The topological polar surface area (TPSA) is 26.0 Å². The highest BCUT2D eigenvalue weighted by Crippen LogP contribution is 2.32. The number of aromatic nitrogens is 1. The van der Waals surface area contributed by atoms with Gasteiger partial charge in [-0.2, -0.15) is 0 Å². The summed E-state index contributed by atoms with van der Waals surface area (Å²) in [6.07, 6.45) is 0. The zero-order valence-electron chi connectivity index (χ0n) is 9.64. The Labute approximate surface area is 119 Å². The number of para-hydroxylation sites is 2. The fourth-order valence-electron chi connectivity index (χ4n) is 1.87. The van der Waals surface area contributed by atoms with Gasteiger partial charge in [0.05, 0.1) is 0 Å². The quantitative estimate of drug-likeness (QED) is 0.648. The second kappa shape index (κ2) is 4.44. The van der Waals surface area contributed by atoms with Crippen LogP contribution in [0.2, 0.25) is 0 Å². The van der Waals surface area contributed by atoms with E-state index in [1.165, 1.54) is 0 Å². The number of rotatable bonds is 1. The highest BCUT2D eigenvalue weighted by Gasteiger charge is 2.10. The molecule has 0 unspecified atom stereocenters. The summed E-state index contributed by atoms with van der Waals surface area (Å²) in [6.45, 7) is 2.02. The largest absolute Gasteiger partial charge is 0.436 e. The maximum absolute atomic E-state index is 5.74. The molecule has 2 aromatic carbocycles. The van der Waals surface area contributed by atoms with Gasteiger partial charge in [-0.15, -0.1) is 12.6 Å². The van der Waals surface area contributed by atoms with Crippen molar-refractivity contribution in [3.8, 4) is 11.5 Å². The van der Waals surface area contributed by atoms with Crippen molar-refractivity contribution in [3.05, 3.63) is 46.4 Å². The molecule has 0 radical (unpaired) electrons. The van der Waals surface area contributed by atoms with Crippen LogP contribution in [-0.2, 0) is 0 Å². The van der Waals surface area contributed by atoms with Gasteiger partial charge in [-0.1, -0.05) is 12.1 Å². The summed E-state index contributed by atoms with van der Waals surface area (Å²) in [4.78, 5) is 5.36. The minimum Gasteiger partial charge on any atom is -0.436 e. The lowest BCUT2D eigenvalue weighted by Gasteiger charge is -2.04. The zero-order chi connectivity index (χ0) is 12.7. The van der Waals surface area contributed by atoms with Gasteiger partial charge in [-0.3, -0.25) is 0 Å². The summed E-state index contributed by atoms with van der Waals surface area (Å²) in [6, 6.07) is 11.7. The summed E-state index contributed by atoms with van der Waals surface area (Å²) in [5, 5.41) is 0. The molecular weight excluding hydrogens is 310 g/mol. The van der Waals surface area contributed by atoms with Crippen LogP contribution in [0.25, 0.3) is 22.6 Å². The van der Waals surface area contributed by atoms with E-state index in [1.807, 2.05) is 43.3 Å². The molecule has 0 bridgehead atoms. The van der Waals surface area contributed by atoms with Gasteiger partial charge in [0, 0.05) is 14.9 Å². The molecule has 4 heteroatoms. The van der Waals surface area contributed by atoms with Crippen molar-refractivity contribution in [2.45, 2.75) is 11.8 Å². The van der Waals surface area contributed by atoms with Gasteiger partial charge in [0.2, 0.25) is 5.89 Å². The third-order valence-electron chi connectivity index (χ3n) is 2.78. The second-order valence-electron chi connectivity index (χ2n) is 4.11. The highest BCUT2D eigenvalue weighted by atomic mass is 79.9. The van der Waals surface area contributed by atoms with Crippen molar-refractivity contribution < 1.29 is 4.42 Å². The van der Waals surface area contributed by atoms with E-state index in [4.69, 9.17) is 4.42 Å². The minimum absolute atomic E-state index is 0.627. The van der Waals surface area contributed by atoms with Crippen LogP contribution >= 0.6 is 28.6 Å². The van der Waals surface area contributed by atoms with Crippen molar-refractivity contribution in [1.82, 2.24) is 4.98 Å². The van der Waals surface area contributed by atoms with Gasteiger partial charge in [0.1, 0.15) is 5.52 Å². The molecular formula is C14H10BrNOS. The van der Waals surface area contributed by atoms with Crippen molar-refractivity contribution in [3.63, 3.8) is 0 Å². The normalized spacial score (nSPS) is 11.1. The first-order valence-electron chi connectivity index (χ1n) is 5.50. The highest BCUT2D eigenvalue weighted by molar-refractivity contribution is 9.10. The predicted octanol–water partition coefficient (Wildman–Crippen LogP) is 4.85. The lowest BCUT2D eigenvalue weighted by atomic mass is 10.1. The van der Waals surface area contributed by atoms with Crippen LogP contribution in [0.15, 0.2) is 50.2 Å². The maximum Gasteiger partial charge on any atom is 0.227 e. The summed E-state index contributed by atoms with van der Waals surface area (Å²) in [5.74, 6) is 0.627. The maximum atomic E-state index is 5.74. The molecule has 0 N–H and O–H groups in total. The van der Waals surface area contributed by atoms with E-state index in [-0.39, 0.29) is 0 Å². The minimum atomic E-state index is 0.627. The molecule has 3 rings (SSSR count). The summed E-state index contributed by atoms with van der Waals surface area (Å²) < 4.78 is 6.75. The van der Waals surface area contributed by atoms with Crippen LogP contribution in [0, 0.1) is 6.92 Å². The standard InChI is InChI=1S/C14H10BrNOS/c1-8-6-9(7-12(18)13(8)15)14-16-10-4-2-3-5-11(10)17-14/h2-7,18H,1H3. The van der Waals surface area contributed by atoms with Crippen LogP contribution in [0.1, 0.15) is 5.56 Å². The molecule has 0 spiro atoms. The van der Waals surface area contributed by atoms with E-state index >= 15 is 0 Å². The first-order valence-corrected chi connectivity index (χ1v) is 6.74. The smallest absolute Gasteiger partial charge is 0.227 e. The summed E-state index contributed by atoms with van der Waals surface area (Å²) >= 11 is 7.93. The Balaban J connectivity index is 2.20. The molecule has 0 fully saturated rings. The second-order valence-corrected chi connectivity index (χ2v) is 5.39. The van der Waals surface area contributed by atoms with Gasteiger partial charge in [0.15, 0.2) is 5.58 Å². The van der Waals surface area contributed by atoms with E-state index in [9.17, 15) is 0 Å². The van der Waals surface area contributed by atoms with Gasteiger partial charge >= 0.3 is 0 Å². The number of hydrogen-bond donors (Lipinski definition) is 1. The average Bonchev–Trinajstić information content (AvgIpc) is 2.79. The fourth-order valence-corrected chi connectivity index (χ4v) is 2.41. The van der Waals surface area contributed by atoms with E-state index in [0.29, 0.717) is 5.89 Å². The van der Waals surface area contributed by atoms with Crippen LogP contribution in [0.4, 0.5) is 0 Å². The monoisotopic (exact) mass is 319 g/mol. The van der Waals surface area contributed by atoms with E-state index in [0.717, 1.165) is 31.6 Å². The molecule has 18 heavy (non-hydrogen) atoms. The number of fused-ring (bicyclic) bond motifs is 1. The van der Waals surface area contributed by atoms with Crippen LogP contribution in [0.5, 0.6) is 0 Å². The van der Waals surface area contributed by atoms with E-state index in [2.05, 4.69) is 33.5 Å². The summed E-state index contributed by atoms with van der Waals surface area (Å²) in [7, 11) is 0. The Morgan fingerprint density at radius 2 is 2.00 bits per heavy atom. The Bertz CT molecular complexity index is 679. The Morgan fingerprint density at radius 3 is 2.72 bits per heavy atom. The number of nitrogens with zero attached hydrogens (tertiary/aromatic N) is 1.